The number of anilines is 1. The number of thiazole rings is 1. The van der Waals surface area contributed by atoms with Crippen LogP contribution in [-0.4, -0.2) is 4.98 Å². The van der Waals surface area contributed by atoms with E-state index in [1.165, 1.54) is 16.9 Å². The summed E-state index contributed by atoms with van der Waals surface area (Å²) in [5, 5.41) is 15.8. The first kappa shape index (κ1) is 19.6. The molecule has 0 bridgehead atoms. The van der Waals surface area contributed by atoms with Crippen molar-refractivity contribution in [2.24, 2.45) is 0 Å². The topological polar surface area (TPSA) is 78.9 Å². The number of aromatic nitrogens is 1. The van der Waals surface area contributed by atoms with Gasteiger partial charge in [-0.05, 0) is 35.7 Å². The van der Waals surface area contributed by atoms with Crippen molar-refractivity contribution < 1.29 is 4.42 Å². The van der Waals surface area contributed by atoms with Crippen LogP contribution in [0.2, 0.25) is 0 Å². The molecule has 0 aliphatic carbocycles. The Labute approximate surface area is 177 Å². The normalized spacial score (nSPS) is 11.6. The Bertz CT molecular complexity index is 1330. The van der Waals surface area contributed by atoms with Crippen molar-refractivity contribution in [1.29, 1.82) is 5.26 Å². The van der Waals surface area contributed by atoms with Gasteiger partial charge in [-0.2, -0.15) is 5.26 Å². The number of nitrogens with one attached hydrogen (secondary N) is 1. The third kappa shape index (κ3) is 4.02. The predicted molar refractivity (Wildman–Crippen MR) is 121 cm³/mol. The lowest BCUT2D eigenvalue weighted by Gasteiger charge is -2.06. The second kappa shape index (κ2) is 8.36. The lowest BCUT2D eigenvalue weighted by Crippen LogP contribution is -2.02. The zero-order valence-corrected chi connectivity index (χ0v) is 17.4. The molecular formula is C24H19N3O2S. The van der Waals surface area contributed by atoms with Gasteiger partial charge in [0.15, 0.2) is 0 Å². The molecule has 148 valence electrons. The van der Waals surface area contributed by atoms with E-state index in [0.29, 0.717) is 33.3 Å². The Morgan fingerprint density at radius 3 is 2.70 bits per heavy atom. The summed E-state index contributed by atoms with van der Waals surface area (Å²) in [7, 11) is 0. The van der Waals surface area contributed by atoms with E-state index in [9.17, 15) is 10.1 Å². The predicted octanol–water partition coefficient (Wildman–Crippen LogP) is 6.02. The monoisotopic (exact) mass is 413 g/mol. The highest BCUT2D eigenvalue weighted by atomic mass is 32.1. The molecule has 0 aliphatic heterocycles. The molecule has 2 heterocycles. The van der Waals surface area contributed by atoms with Gasteiger partial charge in [-0.15, -0.1) is 11.3 Å². The largest absolute Gasteiger partial charge is 0.422 e. The Hall–Kier alpha value is -3.69. The maximum atomic E-state index is 12.4. The van der Waals surface area contributed by atoms with Crippen LogP contribution in [0.25, 0.3) is 27.8 Å². The molecule has 0 saturated heterocycles. The van der Waals surface area contributed by atoms with Gasteiger partial charge >= 0.3 is 5.63 Å². The fraction of sp³-hybridized carbons (Fsp3) is 0.125. The number of rotatable bonds is 5. The van der Waals surface area contributed by atoms with Gasteiger partial charge < -0.3 is 9.73 Å². The number of benzene rings is 2. The first-order chi connectivity index (χ1) is 14.5. The van der Waals surface area contributed by atoms with Gasteiger partial charge in [0.25, 0.3) is 0 Å². The zero-order chi connectivity index (χ0) is 21.1. The Balaban J connectivity index is 1.60. The van der Waals surface area contributed by atoms with E-state index in [1.807, 2.05) is 30.3 Å². The molecule has 4 rings (SSSR count). The molecule has 2 aromatic heterocycles. The van der Waals surface area contributed by atoms with E-state index in [1.54, 1.807) is 23.7 Å². The van der Waals surface area contributed by atoms with Gasteiger partial charge in [-0.25, -0.2) is 9.78 Å². The van der Waals surface area contributed by atoms with Crippen molar-refractivity contribution in [1.82, 2.24) is 4.98 Å². The quantitative estimate of drug-likeness (QED) is 0.320. The maximum absolute atomic E-state index is 12.4. The van der Waals surface area contributed by atoms with Gasteiger partial charge in [0.2, 0.25) is 0 Å². The Morgan fingerprint density at radius 2 is 1.97 bits per heavy atom. The summed E-state index contributed by atoms with van der Waals surface area (Å²) in [5.41, 5.74) is 3.50. The van der Waals surface area contributed by atoms with Crippen LogP contribution in [0.15, 0.2) is 75.4 Å². The van der Waals surface area contributed by atoms with Crippen molar-refractivity contribution in [3.63, 3.8) is 0 Å². The van der Waals surface area contributed by atoms with Crippen molar-refractivity contribution in [2.75, 3.05) is 5.32 Å². The highest BCUT2D eigenvalue weighted by Gasteiger charge is 2.13. The van der Waals surface area contributed by atoms with Crippen LogP contribution < -0.4 is 10.9 Å². The summed E-state index contributed by atoms with van der Waals surface area (Å²) in [6.45, 7) is 4.29. The molecule has 0 radical (unpaired) electrons. The number of nitrogens with zero attached hydrogens (tertiary/aromatic N) is 2. The lowest BCUT2D eigenvalue weighted by atomic mass is 10.0. The molecule has 0 unspecified atom stereocenters. The number of hydrogen-bond acceptors (Lipinski definition) is 6. The molecule has 0 aliphatic rings. The molecule has 0 spiro atoms. The standard InChI is InChI=1S/C24H19N3O2S/c1-15(2)16-7-9-19(10-8-16)26-13-18(12-25)23-27-21(14-30-23)20-11-17-5-3-4-6-22(17)29-24(20)28/h3-11,13-15,26H,1-2H3/b18-13+. The van der Waals surface area contributed by atoms with Gasteiger partial charge in [-0.1, -0.05) is 44.2 Å². The third-order valence-electron chi connectivity index (χ3n) is 4.73. The van der Waals surface area contributed by atoms with E-state index < -0.39 is 5.63 Å². The third-order valence-corrected chi connectivity index (χ3v) is 5.61. The molecule has 4 aromatic rings. The van der Waals surface area contributed by atoms with Gasteiger partial charge in [-0.3, -0.25) is 0 Å². The summed E-state index contributed by atoms with van der Waals surface area (Å²) >= 11 is 1.31. The van der Waals surface area contributed by atoms with Gasteiger partial charge in [0, 0.05) is 22.7 Å². The second-order valence-corrected chi connectivity index (χ2v) is 7.97. The first-order valence-corrected chi connectivity index (χ1v) is 10.4. The lowest BCUT2D eigenvalue weighted by molar-refractivity contribution is 0.563. The van der Waals surface area contributed by atoms with E-state index in [4.69, 9.17) is 4.42 Å². The molecular weight excluding hydrogens is 394 g/mol. The van der Waals surface area contributed by atoms with Gasteiger partial charge in [0.1, 0.15) is 22.2 Å². The van der Waals surface area contributed by atoms with Crippen LogP contribution in [0.5, 0.6) is 0 Å². The number of para-hydroxylation sites is 1. The van der Waals surface area contributed by atoms with Crippen molar-refractivity contribution in [3.05, 3.63) is 87.2 Å². The summed E-state index contributed by atoms with van der Waals surface area (Å²) in [6, 6.07) is 19.4. The summed E-state index contributed by atoms with van der Waals surface area (Å²) in [4.78, 5) is 16.9. The number of hydrogen-bond donors (Lipinski definition) is 1. The summed E-state index contributed by atoms with van der Waals surface area (Å²) in [5.74, 6) is 0.464. The minimum absolute atomic E-state index is 0.380. The molecule has 0 amide bonds. The number of allylic oxidation sites excluding steroid dienone is 1. The van der Waals surface area contributed by atoms with Crippen LogP contribution in [0.3, 0.4) is 0 Å². The van der Waals surface area contributed by atoms with Crippen LogP contribution in [0.4, 0.5) is 5.69 Å². The fourth-order valence-corrected chi connectivity index (χ4v) is 3.81. The fourth-order valence-electron chi connectivity index (χ4n) is 3.02. The first-order valence-electron chi connectivity index (χ1n) is 9.51. The molecule has 30 heavy (non-hydrogen) atoms. The van der Waals surface area contributed by atoms with E-state index in [0.717, 1.165) is 11.1 Å². The Kier molecular flexibility index (Phi) is 5.46. The molecule has 0 fully saturated rings. The highest BCUT2D eigenvalue weighted by Crippen LogP contribution is 2.26. The molecule has 0 atom stereocenters. The molecule has 5 nitrogen and oxygen atoms in total. The van der Waals surface area contributed by atoms with Crippen molar-refractivity contribution >= 4 is 33.6 Å². The molecule has 0 saturated carbocycles. The van der Waals surface area contributed by atoms with E-state index in [-0.39, 0.29) is 0 Å². The SMILES string of the molecule is CC(C)c1ccc(N/C=C(\C#N)c2nc(-c3cc4ccccc4oc3=O)cs2)cc1. The Morgan fingerprint density at radius 1 is 1.20 bits per heavy atom. The van der Waals surface area contributed by atoms with Crippen molar-refractivity contribution in [3.8, 4) is 17.3 Å². The minimum atomic E-state index is -0.448. The smallest absolute Gasteiger partial charge is 0.345 e. The summed E-state index contributed by atoms with van der Waals surface area (Å²) in [6.07, 6.45) is 1.63. The molecule has 1 N–H and O–H groups in total. The van der Waals surface area contributed by atoms with Crippen LogP contribution in [0.1, 0.15) is 30.3 Å². The van der Waals surface area contributed by atoms with Crippen LogP contribution >= 0.6 is 11.3 Å². The van der Waals surface area contributed by atoms with Gasteiger partial charge in [0.05, 0.1) is 11.3 Å². The summed E-state index contributed by atoms with van der Waals surface area (Å²) < 4.78 is 5.39. The maximum Gasteiger partial charge on any atom is 0.345 e. The van der Waals surface area contributed by atoms with E-state index >= 15 is 0 Å². The molecule has 2 aromatic carbocycles. The van der Waals surface area contributed by atoms with Crippen LogP contribution in [0, 0.1) is 11.3 Å². The highest BCUT2D eigenvalue weighted by molar-refractivity contribution is 7.11. The average molecular weight is 414 g/mol. The molecule has 6 heteroatoms. The van der Waals surface area contributed by atoms with Crippen molar-refractivity contribution in [2.45, 2.75) is 19.8 Å². The number of fused-ring (bicyclic) bond motifs is 1. The zero-order valence-electron chi connectivity index (χ0n) is 16.5. The van der Waals surface area contributed by atoms with E-state index in [2.05, 4.69) is 42.4 Å². The van der Waals surface area contributed by atoms with Crippen LogP contribution in [-0.2, 0) is 0 Å². The average Bonchev–Trinajstić information content (AvgIpc) is 3.24. The second-order valence-electron chi connectivity index (χ2n) is 7.11. The number of nitriles is 1. The minimum Gasteiger partial charge on any atom is -0.422 e.